The predicted molar refractivity (Wildman–Crippen MR) is 141 cm³/mol. The van der Waals surface area contributed by atoms with Crippen LogP contribution in [-0.2, 0) is 28.9 Å². The number of fused-ring (bicyclic) bond motifs is 1. The number of pyridine rings is 2. The van der Waals surface area contributed by atoms with E-state index in [0.717, 1.165) is 41.6 Å². The third-order valence-corrected chi connectivity index (χ3v) is 6.79. The van der Waals surface area contributed by atoms with Crippen LogP contribution >= 0.6 is 0 Å². The SMILES string of the molecule is COCCN(C)Cc1nc(C2CCc3ccc(C[C@H](C)C(=O)O)cc3O2)ccc1-c1cc(OC)ncc1F. The van der Waals surface area contributed by atoms with Gasteiger partial charge in [-0.2, -0.15) is 0 Å². The molecule has 0 amide bonds. The Kier molecular flexibility index (Phi) is 8.91. The second kappa shape index (κ2) is 12.3. The summed E-state index contributed by atoms with van der Waals surface area (Å²) in [6.07, 6.45) is 2.88. The van der Waals surface area contributed by atoms with Gasteiger partial charge in [-0.05, 0) is 49.6 Å². The summed E-state index contributed by atoms with van der Waals surface area (Å²) in [6.45, 7) is 3.43. The number of ether oxygens (including phenoxy) is 3. The molecule has 1 unspecified atom stereocenters. The highest BCUT2D eigenvalue weighted by atomic mass is 19.1. The lowest BCUT2D eigenvalue weighted by atomic mass is 9.95. The Morgan fingerprint density at radius 1 is 1.24 bits per heavy atom. The van der Waals surface area contributed by atoms with Crippen molar-refractivity contribution < 1.29 is 28.5 Å². The lowest BCUT2D eigenvalue weighted by Crippen LogP contribution is -2.24. The van der Waals surface area contributed by atoms with E-state index in [1.165, 1.54) is 7.11 Å². The quantitative estimate of drug-likeness (QED) is 0.387. The number of carboxylic acid groups (broad SMARTS) is 1. The number of aromatic nitrogens is 2. The average molecular weight is 524 g/mol. The first-order chi connectivity index (χ1) is 18.3. The molecule has 0 radical (unpaired) electrons. The minimum Gasteiger partial charge on any atom is -0.484 e. The molecule has 2 aromatic heterocycles. The van der Waals surface area contributed by atoms with Crippen LogP contribution in [0.5, 0.6) is 11.6 Å². The first-order valence-corrected chi connectivity index (χ1v) is 12.7. The van der Waals surface area contributed by atoms with E-state index in [9.17, 15) is 14.3 Å². The number of halogens is 1. The fraction of sp³-hybridized carbons (Fsp3) is 0.414. The van der Waals surface area contributed by atoms with Crippen molar-refractivity contribution in [2.45, 2.75) is 38.8 Å². The van der Waals surface area contributed by atoms with Gasteiger partial charge in [-0.1, -0.05) is 25.1 Å². The Labute approximate surface area is 222 Å². The molecule has 0 saturated carbocycles. The van der Waals surface area contributed by atoms with Crippen molar-refractivity contribution in [3.05, 3.63) is 70.9 Å². The van der Waals surface area contributed by atoms with Gasteiger partial charge in [0.1, 0.15) is 17.7 Å². The van der Waals surface area contributed by atoms with E-state index in [4.69, 9.17) is 19.2 Å². The monoisotopic (exact) mass is 523 g/mol. The normalized spacial score (nSPS) is 15.6. The number of carboxylic acids is 1. The van der Waals surface area contributed by atoms with Crippen LogP contribution in [0.25, 0.3) is 11.1 Å². The number of aliphatic carboxylic acids is 1. The number of methoxy groups -OCH3 is 2. The number of hydrogen-bond acceptors (Lipinski definition) is 7. The van der Waals surface area contributed by atoms with Gasteiger partial charge in [-0.15, -0.1) is 0 Å². The molecule has 1 N–H and O–H groups in total. The molecule has 1 aromatic carbocycles. The Balaban J connectivity index is 1.65. The van der Waals surface area contributed by atoms with Crippen molar-refractivity contribution in [3.8, 4) is 22.8 Å². The molecule has 38 heavy (non-hydrogen) atoms. The summed E-state index contributed by atoms with van der Waals surface area (Å²) >= 11 is 0. The smallest absolute Gasteiger partial charge is 0.306 e. The molecule has 3 aromatic rings. The van der Waals surface area contributed by atoms with Crippen LogP contribution < -0.4 is 9.47 Å². The van der Waals surface area contributed by atoms with E-state index in [-0.39, 0.29) is 6.10 Å². The number of benzene rings is 1. The Morgan fingerprint density at radius 3 is 2.79 bits per heavy atom. The van der Waals surface area contributed by atoms with Crippen LogP contribution in [0.15, 0.2) is 42.6 Å². The Hall–Kier alpha value is -3.56. The van der Waals surface area contributed by atoms with E-state index in [0.29, 0.717) is 48.8 Å². The number of aryl methyl sites for hydroxylation is 1. The maximum absolute atomic E-state index is 14.9. The Morgan fingerprint density at radius 2 is 2.05 bits per heavy atom. The first kappa shape index (κ1) is 27.5. The Bertz CT molecular complexity index is 1290. The predicted octanol–water partition coefficient (Wildman–Crippen LogP) is 4.70. The molecule has 8 nitrogen and oxygen atoms in total. The van der Waals surface area contributed by atoms with Gasteiger partial charge in [-0.25, -0.2) is 9.37 Å². The highest BCUT2D eigenvalue weighted by molar-refractivity contribution is 5.70. The minimum absolute atomic E-state index is 0.274. The maximum Gasteiger partial charge on any atom is 0.306 e. The van der Waals surface area contributed by atoms with E-state index >= 15 is 0 Å². The highest BCUT2D eigenvalue weighted by Crippen LogP contribution is 2.37. The fourth-order valence-corrected chi connectivity index (χ4v) is 4.57. The van der Waals surface area contributed by atoms with Crippen LogP contribution in [0.4, 0.5) is 4.39 Å². The fourth-order valence-electron chi connectivity index (χ4n) is 4.57. The van der Waals surface area contributed by atoms with Gasteiger partial charge in [0.2, 0.25) is 5.88 Å². The molecule has 3 heterocycles. The van der Waals surface area contributed by atoms with Gasteiger partial charge in [-0.3, -0.25) is 14.7 Å². The van der Waals surface area contributed by atoms with Crippen LogP contribution in [0.2, 0.25) is 0 Å². The minimum atomic E-state index is -0.822. The molecular formula is C29H34FN3O5. The van der Waals surface area contributed by atoms with Crippen molar-refractivity contribution >= 4 is 5.97 Å². The molecule has 1 aliphatic rings. The summed E-state index contributed by atoms with van der Waals surface area (Å²) in [5.41, 5.74) is 4.53. The van der Waals surface area contributed by atoms with Gasteiger partial charge >= 0.3 is 5.97 Å². The molecular weight excluding hydrogens is 489 g/mol. The third kappa shape index (κ3) is 6.46. The van der Waals surface area contributed by atoms with Crippen LogP contribution in [0.3, 0.4) is 0 Å². The molecule has 0 fully saturated rings. The number of nitrogens with zero attached hydrogens (tertiary/aromatic N) is 3. The molecule has 0 spiro atoms. The molecule has 4 rings (SSSR count). The number of rotatable bonds is 11. The number of hydrogen-bond donors (Lipinski definition) is 1. The zero-order valence-corrected chi connectivity index (χ0v) is 22.2. The zero-order valence-electron chi connectivity index (χ0n) is 22.2. The molecule has 0 aliphatic carbocycles. The van der Waals surface area contributed by atoms with E-state index in [2.05, 4.69) is 9.88 Å². The molecule has 9 heteroatoms. The maximum atomic E-state index is 14.9. The van der Waals surface area contributed by atoms with Gasteiger partial charge in [0.05, 0.1) is 37.2 Å². The molecule has 2 atom stereocenters. The highest BCUT2D eigenvalue weighted by Gasteiger charge is 2.25. The lowest BCUT2D eigenvalue weighted by molar-refractivity contribution is -0.141. The van der Waals surface area contributed by atoms with Crippen LogP contribution in [-0.4, -0.2) is 60.4 Å². The largest absolute Gasteiger partial charge is 0.484 e. The second-order valence-corrected chi connectivity index (χ2v) is 9.70. The van der Waals surface area contributed by atoms with E-state index in [1.54, 1.807) is 20.1 Å². The topological polar surface area (TPSA) is 94.0 Å². The van der Waals surface area contributed by atoms with Crippen molar-refractivity contribution in [2.75, 3.05) is 34.4 Å². The van der Waals surface area contributed by atoms with E-state index in [1.807, 2.05) is 37.4 Å². The summed E-state index contributed by atoms with van der Waals surface area (Å²) in [7, 11) is 5.12. The van der Waals surface area contributed by atoms with Crippen LogP contribution in [0.1, 0.15) is 42.0 Å². The van der Waals surface area contributed by atoms with Crippen molar-refractivity contribution in [3.63, 3.8) is 0 Å². The van der Waals surface area contributed by atoms with Gasteiger partial charge < -0.3 is 19.3 Å². The van der Waals surface area contributed by atoms with Crippen molar-refractivity contribution in [1.82, 2.24) is 14.9 Å². The summed E-state index contributed by atoms with van der Waals surface area (Å²) in [6, 6.07) is 11.3. The molecule has 0 bridgehead atoms. The summed E-state index contributed by atoms with van der Waals surface area (Å²) in [4.78, 5) is 22.3. The molecule has 1 aliphatic heterocycles. The average Bonchev–Trinajstić information content (AvgIpc) is 2.91. The number of carbonyl (C=O) groups is 1. The number of likely N-dealkylation sites (N-methyl/N-ethyl adjacent to an activating group) is 1. The van der Waals surface area contributed by atoms with E-state index < -0.39 is 17.7 Å². The molecule has 202 valence electrons. The van der Waals surface area contributed by atoms with Gasteiger partial charge in [0, 0.05) is 37.4 Å². The summed E-state index contributed by atoms with van der Waals surface area (Å²) < 4.78 is 31.7. The zero-order chi connectivity index (χ0) is 27.2. The van der Waals surface area contributed by atoms with Crippen molar-refractivity contribution in [2.24, 2.45) is 5.92 Å². The summed E-state index contributed by atoms with van der Waals surface area (Å²) in [5.74, 6) is -0.675. The summed E-state index contributed by atoms with van der Waals surface area (Å²) in [5, 5.41) is 9.28. The van der Waals surface area contributed by atoms with Gasteiger partial charge in [0.25, 0.3) is 0 Å². The first-order valence-electron chi connectivity index (χ1n) is 12.7. The second-order valence-electron chi connectivity index (χ2n) is 9.70. The van der Waals surface area contributed by atoms with Crippen LogP contribution in [0, 0.1) is 11.7 Å². The van der Waals surface area contributed by atoms with Crippen molar-refractivity contribution in [1.29, 1.82) is 0 Å². The molecule has 0 saturated heterocycles. The standard InChI is InChI=1S/C29H34FN3O5/c1-18(29(34)35)13-19-5-6-20-7-10-26(38-27(20)14-19)24-9-8-21(22-15-28(37-4)31-16-23(22)30)25(32-24)17-33(2)11-12-36-3/h5-6,8-9,14-16,18,26H,7,10-13,17H2,1-4H3,(H,34,35)/t18-,26?/m0/s1. The third-order valence-electron chi connectivity index (χ3n) is 6.79. The lowest BCUT2D eigenvalue weighted by Gasteiger charge is -2.27. The van der Waals surface area contributed by atoms with Gasteiger partial charge in [0.15, 0.2) is 0 Å².